The van der Waals surface area contributed by atoms with Gasteiger partial charge in [-0.3, -0.25) is 4.79 Å². The second kappa shape index (κ2) is 8.04. The highest BCUT2D eigenvalue weighted by Crippen LogP contribution is 2.31. The van der Waals surface area contributed by atoms with Crippen molar-refractivity contribution in [2.24, 2.45) is 0 Å². The lowest BCUT2D eigenvalue weighted by molar-refractivity contribution is -0.141. The van der Waals surface area contributed by atoms with E-state index in [1.54, 1.807) is 41.3 Å². The van der Waals surface area contributed by atoms with Gasteiger partial charge < -0.3 is 14.4 Å². The van der Waals surface area contributed by atoms with Crippen LogP contribution in [0.25, 0.3) is 0 Å². The minimum absolute atomic E-state index is 0.151. The molecule has 8 heteroatoms. The number of carbonyl (C=O) groups excluding carboxylic acids is 1. The van der Waals surface area contributed by atoms with Gasteiger partial charge in [0.1, 0.15) is 6.61 Å². The van der Waals surface area contributed by atoms with Gasteiger partial charge in [-0.1, -0.05) is 29.8 Å². The summed E-state index contributed by atoms with van der Waals surface area (Å²) in [6.07, 6.45) is -0.147. The Morgan fingerprint density at radius 3 is 2.45 bits per heavy atom. The van der Waals surface area contributed by atoms with Crippen LogP contribution >= 0.6 is 0 Å². The number of amides is 1. The minimum atomic E-state index is -3.58. The Hall–Kier alpha value is -2.58. The van der Waals surface area contributed by atoms with Crippen molar-refractivity contribution < 1.29 is 22.7 Å². The summed E-state index contributed by atoms with van der Waals surface area (Å²) >= 11 is 0. The zero-order valence-corrected chi connectivity index (χ0v) is 17.1. The first-order valence-electron chi connectivity index (χ1n) is 9.69. The first kappa shape index (κ1) is 19.7. The molecule has 2 heterocycles. The van der Waals surface area contributed by atoms with Gasteiger partial charge in [0.05, 0.1) is 4.90 Å². The van der Waals surface area contributed by atoms with Gasteiger partial charge in [0, 0.05) is 26.2 Å². The topological polar surface area (TPSA) is 76.2 Å². The van der Waals surface area contributed by atoms with Crippen molar-refractivity contribution in [2.75, 3.05) is 32.8 Å². The first-order valence-corrected chi connectivity index (χ1v) is 11.1. The highest BCUT2D eigenvalue weighted by atomic mass is 32.2. The largest absolute Gasteiger partial charge is 0.485 e. The average molecular weight is 416 g/mol. The Morgan fingerprint density at radius 2 is 1.69 bits per heavy atom. The molecule has 2 aliphatic heterocycles. The smallest absolute Gasteiger partial charge is 0.267 e. The Balaban J connectivity index is 1.42. The van der Waals surface area contributed by atoms with Crippen molar-refractivity contribution in [1.82, 2.24) is 9.21 Å². The number of rotatable bonds is 3. The molecule has 2 aromatic carbocycles. The van der Waals surface area contributed by atoms with Crippen LogP contribution < -0.4 is 9.47 Å². The predicted molar refractivity (Wildman–Crippen MR) is 107 cm³/mol. The van der Waals surface area contributed by atoms with Crippen LogP contribution in [0.1, 0.15) is 12.0 Å². The molecular weight excluding hydrogens is 392 g/mol. The molecule has 2 aromatic rings. The Morgan fingerprint density at radius 1 is 0.966 bits per heavy atom. The number of nitrogens with zero attached hydrogens (tertiary/aromatic N) is 2. The number of fused-ring (bicyclic) bond motifs is 1. The van der Waals surface area contributed by atoms with Crippen LogP contribution in [0.2, 0.25) is 0 Å². The molecule has 0 aromatic heterocycles. The van der Waals surface area contributed by atoms with E-state index in [4.69, 9.17) is 9.47 Å². The van der Waals surface area contributed by atoms with Gasteiger partial charge in [-0.05, 0) is 37.6 Å². The van der Waals surface area contributed by atoms with Gasteiger partial charge in [-0.15, -0.1) is 0 Å². The Kier molecular flexibility index (Phi) is 5.47. The molecule has 0 radical (unpaired) electrons. The van der Waals surface area contributed by atoms with E-state index >= 15 is 0 Å². The Labute approximate surface area is 170 Å². The van der Waals surface area contributed by atoms with Crippen molar-refractivity contribution in [3.8, 4) is 11.5 Å². The monoisotopic (exact) mass is 416 g/mol. The zero-order chi connectivity index (χ0) is 20.4. The number of sulfonamides is 1. The summed E-state index contributed by atoms with van der Waals surface area (Å²) in [5.74, 6) is 1.01. The number of ether oxygens (including phenoxy) is 2. The van der Waals surface area contributed by atoms with Gasteiger partial charge in [0.15, 0.2) is 11.5 Å². The molecule has 0 unspecified atom stereocenters. The highest BCUT2D eigenvalue weighted by Gasteiger charge is 2.34. The zero-order valence-electron chi connectivity index (χ0n) is 16.3. The SMILES string of the molecule is Cc1ccc(S(=O)(=O)N2CCCN(C(=O)[C@H]3COc4ccccc4O3)CC2)cc1. The van der Waals surface area contributed by atoms with E-state index < -0.39 is 16.1 Å². The lowest BCUT2D eigenvalue weighted by atomic mass is 10.2. The van der Waals surface area contributed by atoms with Gasteiger partial charge in [0.25, 0.3) is 5.91 Å². The summed E-state index contributed by atoms with van der Waals surface area (Å²) < 4.78 is 38.8. The third kappa shape index (κ3) is 4.09. The Bertz CT molecular complexity index is 990. The first-order chi connectivity index (χ1) is 13.9. The summed E-state index contributed by atoms with van der Waals surface area (Å²) in [5, 5.41) is 0. The van der Waals surface area contributed by atoms with E-state index in [1.165, 1.54) is 4.31 Å². The van der Waals surface area contributed by atoms with E-state index in [1.807, 2.05) is 19.1 Å². The van der Waals surface area contributed by atoms with Crippen molar-refractivity contribution in [1.29, 1.82) is 0 Å². The van der Waals surface area contributed by atoms with E-state index in [9.17, 15) is 13.2 Å². The van der Waals surface area contributed by atoms with Gasteiger partial charge in [-0.2, -0.15) is 4.31 Å². The lowest BCUT2D eigenvalue weighted by Crippen LogP contribution is -2.47. The van der Waals surface area contributed by atoms with Crippen LogP contribution in [0.15, 0.2) is 53.4 Å². The van der Waals surface area contributed by atoms with E-state index in [0.717, 1.165) is 5.56 Å². The second-order valence-corrected chi connectivity index (χ2v) is 9.20. The number of carbonyl (C=O) groups is 1. The second-order valence-electron chi connectivity index (χ2n) is 7.26. The van der Waals surface area contributed by atoms with Crippen molar-refractivity contribution in [3.05, 3.63) is 54.1 Å². The van der Waals surface area contributed by atoms with Crippen LogP contribution in [0.3, 0.4) is 0 Å². The molecule has 0 saturated carbocycles. The number of benzene rings is 2. The molecule has 0 aliphatic carbocycles. The number of hydrogen-bond acceptors (Lipinski definition) is 5. The van der Waals surface area contributed by atoms with Crippen LogP contribution in [-0.2, 0) is 14.8 Å². The minimum Gasteiger partial charge on any atom is -0.485 e. The van der Waals surface area contributed by atoms with E-state index in [2.05, 4.69) is 0 Å². The maximum Gasteiger partial charge on any atom is 0.267 e. The van der Waals surface area contributed by atoms with E-state index in [0.29, 0.717) is 37.6 Å². The summed E-state index contributed by atoms with van der Waals surface area (Å²) in [6.45, 7) is 3.52. The molecule has 1 fully saturated rings. The maximum atomic E-state index is 12.9. The number of aryl methyl sites for hydroxylation is 1. The third-order valence-corrected chi connectivity index (χ3v) is 7.12. The van der Waals surface area contributed by atoms with Crippen LogP contribution in [0, 0.1) is 6.92 Å². The fourth-order valence-electron chi connectivity index (χ4n) is 3.56. The third-order valence-electron chi connectivity index (χ3n) is 5.21. The standard InChI is InChI=1S/C21H24N2O5S/c1-16-7-9-17(10-8-16)29(25,26)23-12-4-11-22(13-14-23)21(24)20-15-27-18-5-2-3-6-19(18)28-20/h2-3,5-10,20H,4,11-15H2,1H3/t20-/m1/s1. The lowest BCUT2D eigenvalue weighted by Gasteiger charge is -2.30. The van der Waals surface area contributed by atoms with Crippen molar-refractivity contribution in [3.63, 3.8) is 0 Å². The maximum absolute atomic E-state index is 12.9. The van der Waals surface area contributed by atoms with Gasteiger partial charge >= 0.3 is 0 Å². The van der Waals surface area contributed by atoms with Crippen molar-refractivity contribution >= 4 is 15.9 Å². The number of hydrogen-bond donors (Lipinski definition) is 0. The molecule has 1 atom stereocenters. The fraction of sp³-hybridized carbons (Fsp3) is 0.381. The summed E-state index contributed by atoms with van der Waals surface area (Å²) in [4.78, 5) is 14.9. The molecule has 2 aliphatic rings. The molecule has 29 heavy (non-hydrogen) atoms. The molecule has 0 spiro atoms. The van der Waals surface area contributed by atoms with E-state index in [-0.39, 0.29) is 24.0 Å². The van der Waals surface area contributed by atoms with Gasteiger partial charge in [-0.25, -0.2) is 8.42 Å². The highest BCUT2D eigenvalue weighted by molar-refractivity contribution is 7.89. The molecule has 154 valence electrons. The van der Waals surface area contributed by atoms with Gasteiger partial charge in [0.2, 0.25) is 16.1 Å². The average Bonchev–Trinajstić information content (AvgIpc) is 3.00. The number of para-hydroxylation sites is 2. The molecule has 4 rings (SSSR count). The fourth-order valence-corrected chi connectivity index (χ4v) is 5.03. The van der Waals surface area contributed by atoms with Crippen LogP contribution in [0.5, 0.6) is 11.5 Å². The predicted octanol–water partition coefficient (Wildman–Crippen LogP) is 2.06. The summed E-state index contributed by atoms with van der Waals surface area (Å²) in [6, 6.07) is 14.1. The summed E-state index contributed by atoms with van der Waals surface area (Å²) in [7, 11) is -3.58. The molecule has 7 nitrogen and oxygen atoms in total. The van der Waals surface area contributed by atoms with Crippen LogP contribution in [0.4, 0.5) is 0 Å². The van der Waals surface area contributed by atoms with Crippen LogP contribution in [-0.4, -0.2) is 62.4 Å². The summed E-state index contributed by atoms with van der Waals surface area (Å²) in [5.41, 5.74) is 1.01. The molecule has 0 N–H and O–H groups in total. The molecule has 1 amide bonds. The molecular formula is C21H24N2O5S. The normalized spacial score (nSPS) is 20.2. The molecule has 0 bridgehead atoms. The molecule has 1 saturated heterocycles. The quantitative estimate of drug-likeness (QED) is 0.766. The van der Waals surface area contributed by atoms with Crippen molar-refractivity contribution in [2.45, 2.75) is 24.3 Å².